The number of halogens is 2. The predicted octanol–water partition coefficient (Wildman–Crippen LogP) is 4.33. The minimum Gasteiger partial charge on any atom is -0.336 e. The van der Waals surface area contributed by atoms with Gasteiger partial charge in [-0.15, -0.1) is 22.9 Å². The molecule has 1 amide bonds. The van der Waals surface area contributed by atoms with Crippen LogP contribution in [0.15, 0.2) is 5.38 Å². The van der Waals surface area contributed by atoms with Crippen molar-refractivity contribution in [1.29, 1.82) is 0 Å². The van der Waals surface area contributed by atoms with Crippen LogP contribution in [0, 0.1) is 6.92 Å². The SMILES string of the molecule is Cc1csc(C(=O)N(C)C2CCCCC2Cl)c1Cl. The number of carbonyl (C=O) groups is 1. The maximum absolute atomic E-state index is 12.4. The molecule has 0 spiro atoms. The van der Waals surface area contributed by atoms with Crippen LogP contribution in [0.25, 0.3) is 0 Å². The first-order valence-corrected chi connectivity index (χ1v) is 7.86. The predicted molar refractivity (Wildman–Crippen MR) is 78.1 cm³/mol. The molecule has 1 aromatic rings. The quantitative estimate of drug-likeness (QED) is 0.745. The molecule has 18 heavy (non-hydrogen) atoms. The number of hydrogen-bond acceptors (Lipinski definition) is 2. The highest BCUT2D eigenvalue weighted by Crippen LogP contribution is 2.31. The lowest BCUT2D eigenvalue weighted by Gasteiger charge is -2.34. The van der Waals surface area contributed by atoms with Crippen LogP contribution in [-0.2, 0) is 0 Å². The van der Waals surface area contributed by atoms with E-state index in [0.29, 0.717) is 9.90 Å². The van der Waals surface area contributed by atoms with E-state index in [-0.39, 0.29) is 17.3 Å². The van der Waals surface area contributed by atoms with Crippen LogP contribution < -0.4 is 0 Å². The van der Waals surface area contributed by atoms with Crippen LogP contribution >= 0.6 is 34.5 Å². The summed E-state index contributed by atoms with van der Waals surface area (Å²) in [6, 6.07) is 0.131. The lowest BCUT2D eigenvalue weighted by Crippen LogP contribution is -2.44. The van der Waals surface area contributed by atoms with E-state index in [0.717, 1.165) is 31.2 Å². The fourth-order valence-corrected chi connectivity index (χ4v) is 4.09. The molecule has 2 nitrogen and oxygen atoms in total. The maximum atomic E-state index is 12.4. The zero-order valence-corrected chi connectivity index (χ0v) is 12.9. The summed E-state index contributed by atoms with van der Waals surface area (Å²) in [6.45, 7) is 1.92. The molecule has 2 rings (SSSR count). The average Bonchev–Trinajstić information content (AvgIpc) is 2.69. The van der Waals surface area contributed by atoms with Gasteiger partial charge in [-0.1, -0.05) is 24.4 Å². The van der Waals surface area contributed by atoms with Crippen LogP contribution in [0.1, 0.15) is 40.9 Å². The molecule has 1 aliphatic carbocycles. The van der Waals surface area contributed by atoms with E-state index in [1.165, 1.54) is 11.3 Å². The monoisotopic (exact) mass is 305 g/mol. The Kier molecular flexibility index (Phi) is 4.57. The van der Waals surface area contributed by atoms with Crippen molar-refractivity contribution in [3.8, 4) is 0 Å². The number of thiophene rings is 1. The van der Waals surface area contributed by atoms with Crippen LogP contribution in [0.5, 0.6) is 0 Å². The molecule has 1 saturated carbocycles. The molecule has 0 saturated heterocycles. The van der Waals surface area contributed by atoms with E-state index in [4.69, 9.17) is 23.2 Å². The van der Waals surface area contributed by atoms with E-state index < -0.39 is 0 Å². The van der Waals surface area contributed by atoms with Crippen molar-refractivity contribution in [2.24, 2.45) is 0 Å². The van der Waals surface area contributed by atoms with Gasteiger partial charge in [0.05, 0.1) is 10.4 Å². The standard InChI is InChI=1S/C13H17Cl2NOS/c1-8-7-18-12(11(8)15)13(17)16(2)10-6-4-3-5-9(10)14/h7,9-10H,3-6H2,1-2H3. The summed E-state index contributed by atoms with van der Waals surface area (Å²) < 4.78 is 0. The molecule has 1 heterocycles. The normalized spacial score (nSPS) is 24.0. The number of rotatable bonds is 2. The van der Waals surface area contributed by atoms with Gasteiger partial charge in [0.2, 0.25) is 0 Å². The summed E-state index contributed by atoms with van der Waals surface area (Å²) >= 11 is 13.9. The highest BCUT2D eigenvalue weighted by Gasteiger charge is 2.31. The topological polar surface area (TPSA) is 20.3 Å². The molecule has 2 atom stereocenters. The molecule has 1 aromatic heterocycles. The Morgan fingerprint density at radius 3 is 2.67 bits per heavy atom. The van der Waals surface area contributed by atoms with Gasteiger partial charge in [-0.3, -0.25) is 4.79 Å². The number of nitrogens with zero attached hydrogens (tertiary/aromatic N) is 1. The molecule has 100 valence electrons. The Morgan fingerprint density at radius 2 is 2.11 bits per heavy atom. The lowest BCUT2D eigenvalue weighted by atomic mass is 9.94. The number of alkyl halides is 1. The maximum Gasteiger partial charge on any atom is 0.265 e. The fourth-order valence-electron chi connectivity index (χ4n) is 2.39. The number of carbonyl (C=O) groups excluding carboxylic acids is 1. The van der Waals surface area contributed by atoms with Gasteiger partial charge in [0, 0.05) is 13.1 Å². The summed E-state index contributed by atoms with van der Waals surface area (Å²) in [6.07, 6.45) is 4.27. The van der Waals surface area contributed by atoms with E-state index >= 15 is 0 Å². The fraction of sp³-hybridized carbons (Fsp3) is 0.615. The summed E-state index contributed by atoms with van der Waals surface area (Å²) in [4.78, 5) is 14.8. The minimum absolute atomic E-state index is 0.00403. The minimum atomic E-state index is -0.00403. The average molecular weight is 306 g/mol. The first-order chi connectivity index (χ1) is 8.52. The number of aryl methyl sites for hydroxylation is 1. The summed E-state index contributed by atoms with van der Waals surface area (Å²) in [5.41, 5.74) is 0.962. The first kappa shape index (κ1) is 14.2. The number of amides is 1. The molecule has 0 aliphatic heterocycles. The Bertz CT molecular complexity index is 446. The van der Waals surface area contributed by atoms with Crippen molar-refractivity contribution in [2.45, 2.75) is 44.0 Å². The van der Waals surface area contributed by atoms with Gasteiger partial charge in [0.1, 0.15) is 4.88 Å². The molecule has 1 aliphatic rings. The van der Waals surface area contributed by atoms with E-state index in [2.05, 4.69) is 0 Å². The van der Waals surface area contributed by atoms with Gasteiger partial charge in [-0.2, -0.15) is 0 Å². The molecule has 1 fully saturated rings. The van der Waals surface area contributed by atoms with Crippen LogP contribution in [-0.4, -0.2) is 29.3 Å². The third kappa shape index (κ3) is 2.68. The van der Waals surface area contributed by atoms with Crippen LogP contribution in [0.3, 0.4) is 0 Å². The molecule has 5 heteroatoms. The summed E-state index contributed by atoms with van der Waals surface area (Å²) in [5, 5.41) is 2.56. The molecule has 0 aromatic carbocycles. The van der Waals surface area contributed by atoms with Crippen molar-refractivity contribution in [1.82, 2.24) is 4.90 Å². The van der Waals surface area contributed by atoms with Crippen LogP contribution in [0.4, 0.5) is 0 Å². The smallest absolute Gasteiger partial charge is 0.265 e. The molecule has 2 unspecified atom stereocenters. The van der Waals surface area contributed by atoms with E-state index in [9.17, 15) is 4.79 Å². The van der Waals surface area contributed by atoms with Gasteiger partial charge >= 0.3 is 0 Å². The summed E-state index contributed by atoms with van der Waals surface area (Å²) in [5.74, 6) is -0.00403. The van der Waals surface area contributed by atoms with Crippen molar-refractivity contribution < 1.29 is 4.79 Å². The lowest BCUT2D eigenvalue weighted by molar-refractivity contribution is 0.0705. The molecule has 0 bridgehead atoms. The Labute approximate surface area is 122 Å². The van der Waals surface area contributed by atoms with Crippen molar-refractivity contribution in [3.05, 3.63) is 20.8 Å². The largest absolute Gasteiger partial charge is 0.336 e. The third-order valence-electron chi connectivity index (χ3n) is 3.56. The zero-order valence-electron chi connectivity index (χ0n) is 10.6. The van der Waals surface area contributed by atoms with Crippen LogP contribution in [0.2, 0.25) is 5.02 Å². The van der Waals surface area contributed by atoms with Gasteiger partial charge in [-0.05, 0) is 30.7 Å². The Morgan fingerprint density at radius 1 is 1.44 bits per heavy atom. The second-order valence-electron chi connectivity index (χ2n) is 4.85. The highest BCUT2D eigenvalue weighted by atomic mass is 35.5. The second kappa shape index (κ2) is 5.81. The first-order valence-electron chi connectivity index (χ1n) is 6.17. The molecular formula is C13H17Cl2NOS. The second-order valence-corrected chi connectivity index (χ2v) is 6.66. The van der Waals surface area contributed by atoms with Gasteiger partial charge in [0.15, 0.2) is 0 Å². The van der Waals surface area contributed by atoms with Crippen molar-refractivity contribution in [3.63, 3.8) is 0 Å². The van der Waals surface area contributed by atoms with Crippen molar-refractivity contribution >= 4 is 40.4 Å². The van der Waals surface area contributed by atoms with E-state index in [1.54, 1.807) is 4.90 Å². The Balaban J connectivity index is 2.15. The van der Waals surface area contributed by atoms with E-state index in [1.807, 2.05) is 19.4 Å². The molecule has 0 N–H and O–H groups in total. The van der Waals surface area contributed by atoms with Gasteiger partial charge in [-0.25, -0.2) is 0 Å². The Hall–Kier alpha value is -0.250. The molecule has 0 radical (unpaired) electrons. The van der Waals surface area contributed by atoms with Crippen molar-refractivity contribution in [2.75, 3.05) is 7.05 Å². The van der Waals surface area contributed by atoms with Gasteiger partial charge in [0.25, 0.3) is 5.91 Å². The molecular weight excluding hydrogens is 289 g/mol. The highest BCUT2D eigenvalue weighted by molar-refractivity contribution is 7.13. The zero-order chi connectivity index (χ0) is 13.3. The summed E-state index contributed by atoms with van der Waals surface area (Å²) in [7, 11) is 1.83. The number of hydrogen-bond donors (Lipinski definition) is 0. The third-order valence-corrected chi connectivity index (χ3v) is 5.75. The van der Waals surface area contributed by atoms with Gasteiger partial charge < -0.3 is 4.90 Å².